The van der Waals surface area contributed by atoms with Crippen LogP contribution in [-0.4, -0.2) is 117 Å². The molecule has 2 saturated heterocycles. The SMILES string of the molecule is COC1C(SC2COCC(n3cc(-c4ncc(F)cn4)nn3)C2O)OC(CO)C(O)C1n1cc(-c2cc(F)c(F)c(F)c2)nn1. The number of aromatic nitrogens is 8. The number of thioether (sulfide) groups is 1. The molecule has 5 heterocycles. The number of nitrogens with zero attached hydrogens (tertiary/aromatic N) is 8. The van der Waals surface area contributed by atoms with Crippen LogP contribution in [0.3, 0.4) is 0 Å². The molecule has 2 aliphatic rings. The molecule has 19 heteroatoms. The fraction of sp³-hybridized carbons (Fsp3) is 0.462. The molecule has 3 aromatic heterocycles. The van der Waals surface area contributed by atoms with Crippen LogP contribution in [0.5, 0.6) is 0 Å². The van der Waals surface area contributed by atoms with Gasteiger partial charge >= 0.3 is 0 Å². The van der Waals surface area contributed by atoms with Gasteiger partial charge in [0.15, 0.2) is 29.1 Å². The molecule has 14 nitrogen and oxygen atoms in total. The van der Waals surface area contributed by atoms with E-state index in [0.717, 1.165) is 36.3 Å². The van der Waals surface area contributed by atoms with E-state index in [1.807, 2.05) is 0 Å². The lowest BCUT2D eigenvalue weighted by Gasteiger charge is -2.45. The van der Waals surface area contributed by atoms with Crippen molar-refractivity contribution in [1.82, 2.24) is 40.0 Å². The molecule has 240 valence electrons. The third-order valence-corrected chi connectivity index (χ3v) is 8.96. The molecule has 4 aromatic rings. The van der Waals surface area contributed by atoms with E-state index in [1.165, 1.54) is 28.9 Å². The lowest BCUT2D eigenvalue weighted by atomic mass is 9.97. The van der Waals surface area contributed by atoms with Crippen LogP contribution in [0, 0.1) is 23.3 Å². The Morgan fingerprint density at radius 2 is 1.62 bits per heavy atom. The Morgan fingerprint density at radius 1 is 0.956 bits per heavy atom. The van der Waals surface area contributed by atoms with Gasteiger partial charge in [-0.2, -0.15) is 0 Å². The predicted molar refractivity (Wildman–Crippen MR) is 145 cm³/mol. The lowest BCUT2D eigenvalue weighted by Crippen LogP contribution is -2.56. The molecule has 1 aromatic carbocycles. The Labute approximate surface area is 256 Å². The van der Waals surface area contributed by atoms with Gasteiger partial charge in [-0.05, 0) is 12.1 Å². The largest absolute Gasteiger partial charge is 0.394 e. The van der Waals surface area contributed by atoms with Gasteiger partial charge in [0.05, 0.1) is 56.0 Å². The summed E-state index contributed by atoms with van der Waals surface area (Å²) in [5, 5.41) is 47.9. The fourth-order valence-electron chi connectivity index (χ4n) is 5.24. The monoisotopic (exact) mass is 654 g/mol. The van der Waals surface area contributed by atoms with Crippen LogP contribution in [0.15, 0.2) is 36.9 Å². The summed E-state index contributed by atoms with van der Waals surface area (Å²) in [5.74, 6) is -4.91. The summed E-state index contributed by atoms with van der Waals surface area (Å²) in [5.41, 5.74) is -0.736. The van der Waals surface area contributed by atoms with Crippen LogP contribution in [0.4, 0.5) is 17.6 Å². The molecule has 8 atom stereocenters. The van der Waals surface area contributed by atoms with Crippen LogP contribution >= 0.6 is 11.8 Å². The Morgan fingerprint density at radius 3 is 2.31 bits per heavy atom. The Bertz CT molecular complexity index is 1610. The molecule has 0 saturated carbocycles. The predicted octanol–water partition coefficient (Wildman–Crippen LogP) is 0.918. The lowest BCUT2D eigenvalue weighted by molar-refractivity contribution is -0.186. The summed E-state index contributed by atoms with van der Waals surface area (Å²) in [7, 11) is 1.37. The average Bonchev–Trinajstić information content (AvgIpc) is 3.72. The third-order valence-electron chi connectivity index (χ3n) is 7.55. The molecule has 0 aliphatic carbocycles. The topological polar surface area (TPSA) is 176 Å². The summed E-state index contributed by atoms with van der Waals surface area (Å²) >= 11 is 1.14. The van der Waals surface area contributed by atoms with Gasteiger partial charge in [0.25, 0.3) is 0 Å². The van der Waals surface area contributed by atoms with Gasteiger partial charge in [0.1, 0.15) is 47.2 Å². The van der Waals surface area contributed by atoms with Crippen molar-refractivity contribution in [1.29, 1.82) is 0 Å². The van der Waals surface area contributed by atoms with Crippen LogP contribution in [0.25, 0.3) is 22.8 Å². The Kier molecular flexibility index (Phi) is 9.09. The number of rotatable bonds is 8. The number of aliphatic hydroxyl groups excluding tert-OH is 3. The second-order valence-corrected chi connectivity index (χ2v) is 11.7. The highest BCUT2D eigenvalue weighted by Crippen LogP contribution is 2.41. The molecular weight excluding hydrogens is 628 g/mol. The molecule has 0 radical (unpaired) electrons. The number of hydrogen-bond acceptors (Lipinski definition) is 13. The first-order valence-corrected chi connectivity index (χ1v) is 14.5. The van der Waals surface area contributed by atoms with Crippen LogP contribution in [0.2, 0.25) is 0 Å². The van der Waals surface area contributed by atoms with Crippen LogP contribution in [0.1, 0.15) is 12.1 Å². The van der Waals surface area contributed by atoms with E-state index in [1.54, 1.807) is 0 Å². The Hall–Kier alpha value is -3.59. The van der Waals surface area contributed by atoms with Crippen molar-refractivity contribution in [3.8, 4) is 22.8 Å². The van der Waals surface area contributed by atoms with Gasteiger partial charge in [-0.25, -0.2) is 36.9 Å². The van der Waals surface area contributed by atoms with E-state index in [0.29, 0.717) is 0 Å². The second-order valence-electron chi connectivity index (χ2n) is 10.3. The van der Waals surface area contributed by atoms with E-state index in [2.05, 4.69) is 30.6 Å². The Balaban J connectivity index is 1.22. The highest BCUT2D eigenvalue weighted by molar-refractivity contribution is 8.00. The molecule has 2 aliphatic heterocycles. The van der Waals surface area contributed by atoms with Gasteiger partial charge in [-0.15, -0.1) is 22.0 Å². The van der Waals surface area contributed by atoms with Crippen LogP contribution in [-0.2, 0) is 14.2 Å². The minimum Gasteiger partial charge on any atom is -0.394 e. The van der Waals surface area contributed by atoms with Gasteiger partial charge in [-0.3, -0.25) is 0 Å². The van der Waals surface area contributed by atoms with Gasteiger partial charge < -0.3 is 29.5 Å². The maximum Gasteiger partial charge on any atom is 0.194 e. The van der Waals surface area contributed by atoms with Crippen molar-refractivity contribution in [3.05, 3.63) is 60.2 Å². The normalized spacial score (nSPS) is 28.8. The van der Waals surface area contributed by atoms with Crippen molar-refractivity contribution in [2.24, 2.45) is 0 Å². The van der Waals surface area contributed by atoms with E-state index in [4.69, 9.17) is 14.2 Å². The summed E-state index contributed by atoms with van der Waals surface area (Å²) < 4.78 is 74.5. The summed E-state index contributed by atoms with van der Waals surface area (Å²) in [6.07, 6.45) is 0.328. The number of aliphatic hydroxyl groups is 3. The van der Waals surface area contributed by atoms with Crippen molar-refractivity contribution < 1.29 is 47.1 Å². The van der Waals surface area contributed by atoms with Crippen molar-refractivity contribution in [3.63, 3.8) is 0 Å². The summed E-state index contributed by atoms with van der Waals surface area (Å²) in [6, 6.07) is -0.170. The molecule has 45 heavy (non-hydrogen) atoms. The van der Waals surface area contributed by atoms with E-state index in [-0.39, 0.29) is 36.0 Å². The molecule has 8 unspecified atom stereocenters. The molecule has 0 spiro atoms. The first-order valence-electron chi connectivity index (χ1n) is 13.5. The number of ether oxygens (including phenoxy) is 3. The van der Waals surface area contributed by atoms with Gasteiger partial charge in [-0.1, -0.05) is 10.4 Å². The average molecular weight is 655 g/mol. The first kappa shape index (κ1) is 31.4. The quantitative estimate of drug-likeness (QED) is 0.181. The maximum absolute atomic E-state index is 13.9. The molecule has 0 amide bonds. The minimum atomic E-state index is -1.63. The maximum atomic E-state index is 13.9. The fourth-order valence-corrected chi connectivity index (χ4v) is 6.74. The van der Waals surface area contributed by atoms with Crippen molar-refractivity contribution in [2.75, 3.05) is 26.9 Å². The first-order chi connectivity index (χ1) is 21.7. The van der Waals surface area contributed by atoms with E-state index in [9.17, 15) is 32.9 Å². The molecule has 0 bridgehead atoms. The van der Waals surface area contributed by atoms with E-state index < -0.39 is 77.1 Å². The van der Waals surface area contributed by atoms with Gasteiger partial charge in [0, 0.05) is 12.7 Å². The number of benzene rings is 1. The number of halogens is 4. The molecular formula is C26H26F4N8O6S. The molecule has 3 N–H and O–H groups in total. The molecule has 6 rings (SSSR count). The zero-order valence-corrected chi connectivity index (χ0v) is 24.1. The van der Waals surface area contributed by atoms with Crippen molar-refractivity contribution >= 4 is 11.8 Å². The van der Waals surface area contributed by atoms with Gasteiger partial charge in [0.2, 0.25) is 0 Å². The number of methoxy groups -OCH3 is 1. The van der Waals surface area contributed by atoms with Crippen LogP contribution < -0.4 is 0 Å². The third kappa shape index (κ3) is 6.16. The smallest absolute Gasteiger partial charge is 0.194 e. The molecule has 2 fully saturated rings. The standard InChI is InChI=1S/C26H26F4N8O6S/c1-42-24-21(38-6-15(33-36-38)11-2-13(28)20(30)14(29)3-11)23(41)18(8-39)44-26(24)45-19-10-43-9-17(22(19)40)37-7-16(34-35-37)25-31-4-12(27)5-32-25/h2-7,17-19,21-24,26,39-41H,8-10H2,1H3. The zero-order valence-electron chi connectivity index (χ0n) is 23.3. The zero-order chi connectivity index (χ0) is 31.8. The van der Waals surface area contributed by atoms with Crippen molar-refractivity contribution in [2.45, 2.75) is 47.2 Å². The number of hydrogen-bond donors (Lipinski definition) is 3. The summed E-state index contributed by atoms with van der Waals surface area (Å²) in [6.45, 7) is -0.383. The summed E-state index contributed by atoms with van der Waals surface area (Å²) in [4.78, 5) is 7.78. The van der Waals surface area contributed by atoms with E-state index >= 15 is 0 Å². The highest BCUT2D eigenvalue weighted by atomic mass is 32.2. The highest BCUT2D eigenvalue weighted by Gasteiger charge is 2.49. The minimum absolute atomic E-state index is 0.0109. The second kappa shape index (κ2) is 13.0.